The van der Waals surface area contributed by atoms with E-state index in [1.165, 1.54) is 0 Å². The van der Waals surface area contributed by atoms with Crippen LogP contribution in [0.25, 0.3) is 11.1 Å². The summed E-state index contributed by atoms with van der Waals surface area (Å²) >= 11 is 0. The van der Waals surface area contributed by atoms with Gasteiger partial charge in [-0.05, 0) is 48.6 Å². The molecule has 5 nitrogen and oxygen atoms in total. The maximum absolute atomic E-state index is 12.9. The first-order chi connectivity index (χ1) is 15.0. The second-order valence-corrected chi connectivity index (χ2v) is 7.71. The lowest BCUT2D eigenvalue weighted by atomic mass is 9.97. The Hall–Kier alpha value is -3.47. The van der Waals surface area contributed by atoms with E-state index in [2.05, 4.69) is 11.1 Å². The standard InChI is InChI=1S/C26H28N2O3/c1-3-28(25(29)12-10-20-7-5-4-6-8-20)18-23-13-19(2)9-11-24(23)22-14-21(15-26(30)31)16-27-17-22/h4-9,11,13-14,16-17H,3,10,12,15,18H2,1-2H3,(H,30,31). The fourth-order valence-corrected chi connectivity index (χ4v) is 3.68. The van der Waals surface area contributed by atoms with Crippen molar-refractivity contribution in [2.45, 2.75) is 39.7 Å². The van der Waals surface area contributed by atoms with Crippen molar-refractivity contribution in [2.24, 2.45) is 0 Å². The Balaban J connectivity index is 1.80. The third-order valence-corrected chi connectivity index (χ3v) is 5.29. The highest BCUT2D eigenvalue weighted by molar-refractivity contribution is 5.77. The molecule has 0 saturated heterocycles. The predicted molar refractivity (Wildman–Crippen MR) is 122 cm³/mol. The fraction of sp³-hybridized carbons (Fsp3) is 0.269. The summed E-state index contributed by atoms with van der Waals surface area (Å²) in [4.78, 5) is 30.1. The Labute approximate surface area is 183 Å². The lowest BCUT2D eigenvalue weighted by Gasteiger charge is -2.23. The number of aromatic nitrogens is 1. The van der Waals surface area contributed by atoms with Crippen LogP contribution in [0.1, 0.15) is 35.6 Å². The summed E-state index contributed by atoms with van der Waals surface area (Å²) in [5.74, 6) is -0.763. The molecule has 160 valence electrons. The molecular weight excluding hydrogens is 388 g/mol. The summed E-state index contributed by atoms with van der Waals surface area (Å²) in [6.07, 6.45) is 4.44. The first-order valence-corrected chi connectivity index (χ1v) is 10.5. The van der Waals surface area contributed by atoms with Crippen molar-refractivity contribution in [1.82, 2.24) is 9.88 Å². The van der Waals surface area contributed by atoms with Crippen molar-refractivity contribution in [2.75, 3.05) is 6.54 Å². The Morgan fingerprint density at radius 1 is 1.00 bits per heavy atom. The number of carbonyl (C=O) groups is 2. The van der Waals surface area contributed by atoms with Gasteiger partial charge in [-0.15, -0.1) is 0 Å². The number of carbonyl (C=O) groups excluding carboxylic acids is 1. The van der Waals surface area contributed by atoms with Gasteiger partial charge in [0.25, 0.3) is 0 Å². The summed E-state index contributed by atoms with van der Waals surface area (Å²) in [5.41, 5.74) is 5.79. The molecule has 0 radical (unpaired) electrons. The topological polar surface area (TPSA) is 70.5 Å². The summed E-state index contributed by atoms with van der Waals surface area (Å²) in [6, 6.07) is 18.0. The number of rotatable bonds is 9. The quantitative estimate of drug-likeness (QED) is 0.550. The van der Waals surface area contributed by atoms with E-state index in [9.17, 15) is 9.59 Å². The number of aryl methyl sites for hydroxylation is 2. The molecule has 31 heavy (non-hydrogen) atoms. The van der Waals surface area contributed by atoms with Gasteiger partial charge in [0.15, 0.2) is 0 Å². The second-order valence-electron chi connectivity index (χ2n) is 7.71. The predicted octanol–water partition coefficient (Wildman–Crippen LogP) is 4.67. The zero-order valence-electron chi connectivity index (χ0n) is 18.0. The van der Waals surface area contributed by atoms with Crippen molar-refractivity contribution < 1.29 is 14.7 Å². The number of nitrogens with zero attached hydrogens (tertiary/aromatic N) is 2. The van der Waals surface area contributed by atoms with Crippen molar-refractivity contribution in [3.05, 3.63) is 89.2 Å². The number of carboxylic acid groups (broad SMARTS) is 1. The summed E-state index contributed by atoms with van der Waals surface area (Å²) in [5, 5.41) is 9.09. The molecule has 0 atom stereocenters. The number of carboxylic acids is 1. The molecule has 1 amide bonds. The molecule has 0 saturated carbocycles. The summed E-state index contributed by atoms with van der Waals surface area (Å²) in [7, 11) is 0. The van der Waals surface area contributed by atoms with Crippen molar-refractivity contribution >= 4 is 11.9 Å². The average molecular weight is 417 g/mol. The van der Waals surface area contributed by atoms with Gasteiger partial charge in [0, 0.05) is 37.5 Å². The van der Waals surface area contributed by atoms with Crippen molar-refractivity contribution in [3.8, 4) is 11.1 Å². The van der Waals surface area contributed by atoms with E-state index in [1.54, 1.807) is 12.4 Å². The SMILES string of the molecule is CCN(Cc1cc(C)ccc1-c1cncc(CC(=O)O)c1)C(=O)CCc1ccccc1. The van der Waals surface area contributed by atoms with E-state index >= 15 is 0 Å². The highest BCUT2D eigenvalue weighted by atomic mass is 16.4. The maximum atomic E-state index is 12.9. The lowest BCUT2D eigenvalue weighted by Crippen LogP contribution is -2.30. The van der Waals surface area contributed by atoms with Crippen LogP contribution in [-0.2, 0) is 29.0 Å². The molecule has 3 rings (SSSR count). The van der Waals surface area contributed by atoms with Crippen LogP contribution in [0.3, 0.4) is 0 Å². The van der Waals surface area contributed by atoms with Gasteiger partial charge in [0.05, 0.1) is 6.42 Å². The molecule has 1 N–H and O–H groups in total. The number of hydrogen-bond acceptors (Lipinski definition) is 3. The molecular formula is C26H28N2O3. The summed E-state index contributed by atoms with van der Waals surface area (Å²) < 4.78 is 0. The molecule has 0 fully saturated rings. The van der Waals surface area contributed by atoms with Gasteiger partial charge in [-0.2, -0.15) is 0 Å². The first-order valence-electron chi connectivity index (χ1n) is 10.5. The van der Waals surface area contributed by atoms with Crippen LogP contribution in [0.5, 0.6) is 0 Å². The van der Waals surface area contributed by atoms with Gasteiger partial charge in [-0.1, -0.05) is 54.1 Å². The molecule has 0 aliphatic rings. The van der Waals surface area contributed by atoms with Crippen molar-refractivity contribution in [3.63, 3.8) is 0 Å². The largest absolute Gasteiger partial charge is 0.481 e. The van der Waals surface area contributed by atoms with E-state index in [0.29, 0.717) is 25.1 Å². The number of benzene rings is 2. The average Bonchev–Trinajstić information content (AvgIpc) is 2.76. The van der Waals surface area contributed by atoms with Crippen LogP contribution in [-0.4, -0.2) is 33.4 Å². The van der Waals surface area contributed by atoms with Crippen LogP contribution in [0.4, 0.5) is 0 Å². The van der Waals surface area contributed by atoms with Crippen LogP contribution in [0.15, 0.2) is 67.0 Å². The van der Waals surface area contributed by atoms with Crippen LogP contribution < -0.4 is 0 Å². The van der Waals surface area contributed by atoms with Crippen molar-refractivity contribution in [1.29, 1.82) is 0 Å². The Morgan fingerprint density at radius 2 is 1.77 bits per heavy atom. The zero-order valence-corrected chi connectivity index (χ0v) is 18.0. The molecule has 0 aliphatic carbocycles. The van der Waals surface area contributed by atoms with Gasteiger partial charge < -0.3 is 10.0 Å². The Kier molecular flexibility index (Phi) is 7.55. The second kappa shape index (κ2) is 10.5. The maximum Gasteiger partial charge on any atom is 0.307 e. The molecule has 0 bridgehead atoms. The molecule has 0 spiro atoms. The number of amides is 1. The lowest BCUT2D eigenvalue weighted by molar-refractivity contribution is -0.136. The Bertz CT molecular complexity index is 1050. The molecule has 1 aromatic heterocycles. The molecule has 0 aliphatic heterocycles. The third-order valence-electron chi connectivity index (χ3n) is 5.29. The van der Waals surface area contributed by atoms with E-state index in [-0.39, 0.29) is 12.3 Å². The summed E-state index contributed by atoms with van der Waals surface area (Å²) in [6.45, 7) is 5.15. The normalized spacial score (nSPS) is 10.6. The van der Waals surface area contributed by atoms with Gasteiger partial charge >= 0.3 is 5.97 Å². The monoisotopic (exact) mass is 416 g/mol. The highest BCUT2D eigenvalue weighted by Crippen LogP contribution is 2.27. The number of hydrogen-bond donors (Lipinski definition) is 1. The van der Waals surface area contributed by atoms with Crippen LogP contribution in [0.2, 0.25) is 0 Å². The molecule has 0 unspecified atom stereocenters. The van der Waals surface area contributed by atoms with Gasteiger partial charge in [0.1, 0.15) is 0 Å². The van der Waals surface area contributed by atoms with E-state index < -0.39 is 5.97 Å². The minimum atomic E-state index is -0.885. The highest BCUT2D eigenvalue weighted by Gasteiger charge is 2.16. The van der Waals surface area contributed by atoms with Crippen LogP contribution >= 0.6 is 0 Å². The van der Waals surface area contributed by atoms with E-state index in [1.807, 2.05) is 67.3 Å². The number of pyridine rings is 1. The molecule has 2 aromatic carbocycles. The minimum Gasteiger partial charge on any atom is -0.481 e. The molecule has 3 aromatic rings. The Morgan fingerprint density at radius 3 is 2.48 bits per heavy atom. The smallest absolute Gasteiger partial charge is 0.307 e. The van der Waals surface area contributed by atoms with Gasteiger partial charge in [0.2, 0.25) is 5.91 Å². The zero-order chi connectivity index (χ0) is 22.2. The van der Waals surface area contributed by atoms with Crippen LogP contribution in [0, 0.1) is 6.92 Å². The molecule has 5 heteroatoms. The third kappa shape index (κ3) is 6.25. The minimum absolute atomic E-state index is 0.0684. The van der Waals surface area contributed by atoms with E-state index in [0.717, 1.165) is 34.2 Å². The first kappa shape index (κ1) is 22.2. The molecule has 1 heterocycles. The fourth-order valence-electron chi connectivity index (χ4n) is 3.68. The number of aliphatic carboxylic acids is 1. The van der Waals surface area contributed by atoms with Gasteiger partial charge in [-0.25, -0.2) is 0 Å². The van der Waals surface area contributed by atoms with E-state index in [4.69, 9.17) is 5.11 Å². The van der Waals surface area contributed by atoms with Gasteiger partial charge in [-0.3, -0.25) is 14.6 Å².